The third-order valence-corrected chi connectivity index (χ3v) is 4.82. The zero-order valence-electron chi connectivity index (χ0n) is 16.7. The summed E-state index contributed by atoms with van der Waals surface area (Å²) in [6.07, 6.45) is 0.957. The van der Waals surface area contributed by atoms with E-state index in [0.717, 1.165) is 39.1 Å². The van der Waals surface area contributed by atoms with Gasteiger partial charge >= 0.3 is 0 Å². The molecule has 1 amide bonds. The standard InChI is InChI=1S/C21H28N4O.3ClH/c1-17-5-2-8-20(15-17)25-13-11-24(12-14-25)10-4-9-23-21(26)18-6-3-7-19(22)16-18;;;/h2-3,5-8,15-16H,4,9-14,22H2,1H3,(H,23,26);3*1H. The Morgan fingerprint density at radius 2 is 1.69 bits per heavy atom. The lowest BCUT2D eigenvalue weighted by molar-refractivity contribution is 0.0951. The van der Waals surface area contributed by atoms with Crippen molar-refractivity contribution in [2.75, 3.05) is 49.9 Å². The highest BCUT2D eigenvalue weighted by Crippen LogP contribution is 2.17. The summed E-state index contributed by atoms with van der Waals surface area (Å²) in [6, 6.07) is 15.8. The van der Waals surface area contributed by atoms with Crippen LogP contribution in [-0.4, -0.2) is 50.1 Å². The van der Waals surface area contributed by atoms with Gasteiger partial charge in [-0.15, -0.1) is 37.2 Å². The molecule has 0 unspecified atom stereocenters. The summed E-state index contributed by atoms with van der Waals surface area (Å²) in [5.41, 5.74) is 9.58. The molecule has 8 heteroatoms. The third-order valence-electron chi connectivity index (χ3n) is 4.82. The predicted octanol–water partition coefficient (Wildman–Crippen LogP) is 3.78. The van der Waals surface area contributed by atoms with Crippen LogP contribution in [0.4, 0.5) is 11.4 Å². The molecule has 1 fully saturated rings. The zero-order chi connectivity index (χ0) is 18.4. The Morgan fingerprint density at radius 1 is 1.00 bits per heavy atom. The average Bonchev–Trinajstić information content (AvgIpc) is 2.65. The molecule has 5 nitrogen and oxygen atoms in total. The van der Waals surface area contributed by atoms with Crippen LogP contribution in [-0.2, 0) is 0 Å². The minimum absolute atomic E-state index is 0. The molecular weight excluding hydrogens is 431 g/mol. The zero-order valence-corrected chi connectivity index (χ0v) is 19.1. The molecule has 3 rings (SSSR count). The predicted molar refractivity (Wildman–Crippen MR) is 129 cm³/mol. The summed E-state index contributed by atoms with van der Waals surface area (Å²) in [5, 5.41) is 2.98. The van der Waals surface area contributed by atoms with Crippen LogP contribution in [0, 0.1) is 6.92 Å². The highest BCUT2D eigenvalue weighted by atomic mass is 35.5. The molecule has 1 aliphatic rings. The Kier molecular flexibility index (Phi) is 12.8. The second-order valence-electron chi connectivity index (χ2n) is 6.90. The number of amides is 1. The van der Waals surface area contributed by atoms with E-state index >= 15 is 0 Å². The van der Waals surface area contributed by atoms with Gasteiger partial charge in [0, 0.05) is 49.7 Å². The number of anilines is 2. The van der Waals surface area contributed by atoms with E-state index in [-0.39, 0.29) is 43.1 Å². The van der Waals surface area contributed by atoms with Gasteiger partial charge in [-0.1, -0.05) is 18.2 Å². The fraction of sp³-hybridized carbons (Fsp3) is 0.381. The van der Waals surface area contributed by atoms with Gasteiger partial charge < -0.3 is 16.0 Å². The molecule has 2 aromatic rings. The minimum atomic E-state index is -0.0541. The Bertz CT molecular complexity index is 752. The number of hydrogen-bond acceptors (Lipinski definition) is 4. The number of benzene rings is 2. The molecule has 3 N–H and O–H groups in total. The topological polar surface area (TPSA) is 61.6 Å². The fourth-order valence-corrected chi connectivity index (χ4v) is 3.34. The number of nitrogens with two attached hydrogens (primary N) is 1. The maximum atomic E-state index is 12.1. The van der Waals surface area contributed by atoms with Crippen LogP contribution in [0.25, 0.3) is 0 Å². The van der Waals surface area contributed by atoms with Crippen molar-refractivity contribution in [1.82, 2.24) is 10.2 Å². The highest BCUT2D eigenvalue weighted by molar-refractivity contribution is 5.94. The van der Waals surface area contributed by atoms with E-state index in [1.807, 2.05) is 0 Å². The molecule has 0 atom stereocenters. The number of carbonyl (C=O) groups is 1. The van der Waals surface area contributed by atoms with Crippen LogP contribution in [0.5, 0.6) is 0 Å². The first kappa shape index (κ1) is 27.3. The summed E-state index contributed by atoms with van der Waals surface area (Å²) >= 11 is 0. The lowest BCUT2D eigenvalue weighted by Crippen LogP contribution is -2.47. The van der Waals surface area contributed by atoms with Crippen molar-refractivity contribution in [3.63, 3.8) is 0 Å². The molecule has 29 heavy (non-hydrogen) atoms. The normalized spacial score (nSPS) is 13.5. The number of piperazine rings is 1. The van der Waals surface area contributed by atoms with E-state index in [9.17, 15) is 4.79 Å². The molecule has 1 saturated heterocycles. The van der Waals surface area contributed by atoms with Crippen molar-refractivity contribution >= 4 is 54.5 Å². The number of nitrogens with one attached hydrogen (secondary N) is 1. The van der Waals surface area contributed by atoms with Gasteiger partial charge in [0.05, 0.1) is 0 Å². The molecule has 162 valence electrons. The van der Waals surface area contributed by atoms with Gasteiger partial charge in [0.15, 0.2) is 0 Å². The van der Waals surface area contributed by atoms with E-state index in [2.05, 4.69) is 46.3 Å². The molecule has 2 aromatic carbocycles. The van der Waals surface area contributed by atoms with E-state index < -0.39 is 0 Å². The van der Waals surface area contributed by atoms with E-state index in [1.165, 1.54) is 11.3 Å². The summed E-state index contributed by atoms with van der Waals surface area (Å²) in [5.74, 6) is -0.0541. The van der Waals surface area contributed by atoms with Crippen molar-refractivity contribution in [3.05, 3.63) is 59.7 Å². The van der Waals surface area contributed by atoms with Crippen LogP contribution in [0.15, 0.2) is 48.5 Å². The lowest BCUT2D eigenvalue weighted by atomic mass is 10.2. The van der Waals surface area contributed by atoms with Crippen LogP contribution < -0.4 is 16.0 Å². The largest absolute Gasteiger partial charge is 0.399 e. The van der Waals surface area contributed by atoms with E-state index in [0.29, 0.717) is 17.8 Å². The average molecular weight is 462 g/mol. The van der Waals surface area contributed by atoms with Crippen molar-refractivity contribution in [2.24, 2.45) is 0 Å². The molecule has 0 radical (unpaired) electrons. The molecule has 0 aliphatic carbocycles. The molecule has 1 aliphatic heterocycles. The van der Waals surface area contributed by atoms with Gasteiger partial charge in [-0.2, -0.15) is 0 Å². The van der Waals surface area contributed by atoms with Gasteiger partial charge in [-0.3, -0.25) is 9.69 Å². The van der Waals surface area contributed by atoms with Gasteiger partial charge in [-0.25, -0.2) is 0 Å². The first-order chi connectivity index (χ1) is 12.6. The number of halogens is 3. The number of hydrogen-bond donors (Lipinski definition) is 2. The first-order valence-corrected chi connectivity index (χ1v) is 9.29. The van der Waals surface area contributed by atoms with Gasteiger partial charge in [-0.05, 0) is 55.8 Å². The summed E-state index contributed by atoms with van der Waals surface area (Å²) in [7, 11) is 0. The van der Waals surface area contributed by atoms with Crippen molar-refractivity contribution < 1.29 is 4.79 Å². The van der Waals surface area contributed by atoms with Gasteiger partial charge in [0.1, 0.15) is 0 Å². The monoisotopic (exact) mass is 460 g/mol. The molecule has 0 aromatic heterocycles. The number of aryl methyl sites for hydroxylation is 1. The van der Waals surface area contributed by atoms with E-state index in [4.69, 9.17) is 5.73 Å². The Hall–Kier alpha value is -1.66. The Labute approximate surface area is 192 Å². The Balaban J connectivity index is 0.00000261. The van der Waals surface area contributed by atoms with E-state index in [1.54, 1.807) is 24.3 Å². The molecule has 0 bridgehead atoms. The van der Waals surface area contributed by atoms with Crippen LogP contribution in [0.1, 0.15) is 22.3 Å². The summed E-state index contributed by atoms with van der Waals surface area (Å²) in [6.45, 7) is 8.08. The minimum Gasteiger partial charge on any atom is -0.399 e. The second-order valence-corrected chi connectivity index (χ2v) is 6.90. The SMILES string of the molecule is Cc1cccc(N2CCN(CCCNC(=O)c3cccc(N)c3)CC2)c1.Cl.Cl.Cl. The quantitative estimate of drug-likeness (QED) is 0.507. The fourth-order valence-electron chi connectivity index (χ4n) is 3.34. The smallest absolute Gasteiger partial charge is 0.251 e. The molecular formula is C21H31Cl3N4O. The number of carbonyl (C=O) groups excluding carboxylic acids is 1. The molecule has 0 spiro atoms. The summed E-state index contributed by atoms with van der Waals surface area (Å²) < 4.78 is 0. The lowest BCUT2D eigenvalue weighted by Gasteiger charge is -2.36. The number of rotatable bonds is 6. The van der Waals surface area contributed by atoms with Crippen molar-refractivity contribution in [3.8, 4) is 0 Å². The van der Waals surface area contributed by atoms with Crippen LogP contribution >= 0.6 is 37.2 Å². The third kappa shape index (κ3) is 8.31. The maximum absolute atomic E-state index is 12.1. The molecule has 1 heterocycles. The van der Waals surface area contributed by atoms with Crippen molar-refractivity contribution in [2.45, 2.75) is 13.3 Å². The summed E-state index contributed by atoms with van der Waals surface area (Å²) in [4.78, 5) is 17.0. The van der Waals surface area contributed by atoms with Crippen LogP contribution in [0.3, 0.4) is 0 Å². The van der Waals surface area contributed by atoms with Crippen LogP contribution in [0.2, 0.25) is 0 Å². The van der Waals surface area contributed by atoms with Crippen molar-refractivity contribution in [1.29, 1.82) is 0 Å². The highest BCUT2D eigenvalue weighted by Gasteiger charge is 2.16. The second kappa shape index (κ2) is 13.5. The van der Waals surface area contributed by atoms with Gasteiger partial charge in [0.2, 0.25) is 0 Å². The maximum Gasteiger partial charge on any atom is 0.251 e. The number of nitrogens with zero attached hydrogens (tertiary/aromatic N) is 2. The molecule has 0 saturated carbocycles. The Morgan fingerprint density at radius 3 is 2.34 bits per heavy atom. The number of nitrogen functional groups attached to an aromatic ring is 1. The van der Waals surface area contributed by atoms with Gasteiger partial charge in [0.25, 0.3) is 5.91 Å². The first-order valence-electron chi connectivity index (χ1n) is 9.29.